The molecule has 2 heteroatoms. The monoisotopic (exact) mass is 119 g/mol. The van der Waals surface area contributed by atoms with Crippen LogP contribution in [0, 0.1) is 12.8 Å². The van der Waals surface area contributed by atoms with Gasteiger partial charge in [-0.3, -0.25) is 4.39 Å². The van der Waals surface area contributed by atoms with E-state index in [2.05, 4.69) is 6.92 Å². The first-order valence-corrected chi connectivity index (χ1v) is 2.74. The zero-order valence-electron chi connectivity index (χ0n) is 5.19. The van der Waals surface area contributed by atoms with Crippen LogP contribution in [0.2, 0.25) is 0 Å². The fourth-order valence-electron chi connectivity index (χ4n) is 0.329. The van der Waals surface area contributed by atoms with Crippen molar-refractivity contribution in [1.82, 2.24) is 0 Å². The number of hydrogen-bond acceptors (Lipinski definition) is 1. The molecule has 0 amide bonds. The van der Waals surface area contributed by atoms with E-state index in [0.29, 0.717) is 13.2 Å². The van der Waals surface area contributed by atoms with E-state index >= 15 is 0 Å². The number of ether oxygens (including phenoxy) is 1. The van der Waals surface area contributed by atoms with Crippen molar-refractivity contribution < 1.29 is 9.13 Å². The topological polar surface area (TPSA) is 9.23 Å². The van der Waals surface area contributed by atoms with Gasteiger partial charge < -0.3 is 4.74 Å². The molecule has 0 aliphatic rings. The summed E-state index contributed by atoms with van der Waals surface area (Å²) in [5, 5.41) is 0. The van der Waals surface area contributed by atoms with E-state index in [1.165, 1.54) is 0 Å². The molecular weight excluding hydrogens is 107 g/mol. The zero-order valence-corrected chi connectivity index (χ0v) is 5.19. The van der Waals surface area contributed by atoms with Crippen molar-refractivity contribution in [2.45, 2.75) is 6.92 Å². The van der Waals surface area contributed by atoms with E-state index < -0.39 is 0 Å². The Kier molecular flexibility index (Phi) is 4.97. The van der Waals surface area contributed by atoms with E-state index in [1.54, 1.807) is 6.92 Å². The maximum atomic E-state index is 11.6. The first kappa shape index (κ1) is 7.89. The predicted octanol–water partition coefficient (Wildman–Crippen LogP) is 1.44. The van der Waals surface area contributed by atoms with Crippen LogP contribution in [0.5, 0.6) is 0 Å². The summed E-state index contributed by atoms with van der Waals surface area (Å²) in [6.45, 7) is 5.86. The Bertz CT molecular complexity index is 47.8. The van der Waals surface area contributed by atoms with Gasteiger partial charge in [-0.1, -0.05) is 6.92 Å². The summed E-state index contributed by atoms with van der Waals surface area (Å²) in [4.78, 5) is 0. The van der Waals surface area contributed by atoms with Gasteiger partial charge in [-0.05, 0) is 6.92 Å². The normalized spacial score (nSPS) is 13.9. The minimum atomic E-state index is -0.306. The molecule has 49 valence electrons. The standard InChI is InChI=1S/C6H12FO/c1-3-8-5-6(2)4-7/h6H,1,3-5H2,2H3. The fraction of sp³-hybridized carbons (Fsp3) is 0.833. The number of alkyl halides is 1. The molecule has 0 aromatic carbocycles. The van der Waals surface area contributed by atoms with E-state index in [1.807, 2.05) is 0 Å². The van der Waals surface area contributed by atoms with Crippen LogP contribution in [0.15, 0.2) is 0 Å². The van der Waals surface area contributed by atoms with Crippen LogP contribution in [-0.4, -0.2) is 19.9 Å². The lowest BCUT2D eigenvalue weighted by Gasteiger charge is -2.03. The molecule has 0 aromatic rings. The molecule has 0 rings (SSSR count). The van der Waals surface area contributed by atoms with Crippen LogP contribution >= 0.6 is 0 Å². The Morgan fingerprint density at radius 1 is 1.75 bits per heavy atom. The van der Waals surface area contributed by atoms with Gasteiger partial charge in [0.05, 0.1) is 13.3 Å². The highest BCUT2D eigenvalue weighted by atomic mass is 19.1. The van der Waals surface area contributed by atoms with Gasteiger partial charge in [0.2, 0.25) is 0 Å². The van der Waals surface area contributed by atoms with Gasteiger partial charge in [-0.15, -0.1) is 0 Å². The molecule has 1 unspecified atom stereocenters. The summed E-state index contributed by atoms with van der Waals surface area (Å²) >= 11 is 0. The van der Waals surface area contributed by atoms with Crippen LogP contribution in [0.4, 0.5) is 4.39 Å². The van der Waals surface area contributed by atoms with E-state index in [-0.39, 0.29) is 12.6 Å². The van der Waals surface area contributed by atoms with Gasteiger partial charge in [0.15, 0.2) is 0 Å². The van der Waals surface area contributed by atoms with Crippen molar-refractivity contribution in [3.63, 3.8) is 0 Å². The van der Waals surface area contributed by atoms with Crippen molar-refractivity contribution in [2.75, 3.05) is 19.9 Å². The highest BCUT2D eigenvalue weighted by molar-refractivity contribution is 4.46. The molecule has 0 heterocycles. The van der Waals surface area contributed by atoms with E-state index in [9.17, 15) is 4.39 Å². The Morgan fingerprint density at radius 2 is 2.38 bits per heavy atom. The minimum absolute atomic E-state index is 0.0248. The Labute approximate surface area is 49.8 Å². The molecule has 0 aliphatic heterocycles. The quantitative estimate of drug-likeness (QED) is 0.544. The smallest absolute Gasteiger partial charge is 0.0941 e. The maximum Gasteiger partial charge on any atom is 0.0941 e. The van der Waals surface area contributed by atoms with Crippen LogP contribution in [-0.2, 0) is 4.74 Å². The van der Waals surface area contributed by atoms with Crippen molar-refractivity contribution >= 4 is 0 Å². The summed E-state index contributed by atoms with van der Waals surface area (Å²) in [7, 11) is 0. The molecule has 0 aliphatic carbocycles. The molecule has 0 N–H and O–H groups in total. The van der Waals surface area contributed by atoms with Crippen LogP contribution in [0.3, 0.4) is 0 Å². The van der Waals surface area contributed by atoms with Crippen molar-refractivity contribution in [3.05, 3.63) is 6.92 Å². The molecule has 1 nitrogen and oxygen atoms in total. The van der Waals surface area contributed by atoms with Crippen molar-refractivity contribution in [3.8, 4) is 0 Å². The molecule has 0 spiro atoms. The molecule has 0 saturated carbocycles. The summed E-state index contributed by atoms with van der Waals surface area (Å²) in [5.41, 5.74) is 0. The van der Waals surface area contributed by atoms with Crippen molar-refractivity contribution in [2.24, 2.45) is 5.92 Å². The Morgan fingerprint density at radius 3 is 2.75 bits per heavy atom. The predicted molar refractivity (Wildman–Crippen MR) is 31.3 cm³/mol. The minimum Gasteiger partial charge on any atom is -0.381 e. The Balaban J connectivity index is 2.86. The molecule has 0 saturated heterocycles. The van der Waals surface area contributed by atoms with Gasteiger partial charge in [0.1, 0.15) is 0 Å². The van der Waals surface area contributed by atoms with E-state index in [0.717, 1.165) is 0 Å². The average Bonchev–Trinajstić information content (AvgIpc) is 1.83. The highest BCUT2D eigenvalue weighted by Crippen LogP contribution is 1.94. The lowest BCUT2D eigenvalue weighted by molar-refractivity contribution is 0.116. The summed E-state index contributed by atoms with van der Waals surface area (Å²) in [6.07, 6.45) is 0. The van der Waals surface area contributed by atoms with Gasteiger partial charge in [-0.2, -0.15) is 0 Å². The Hall–Kier alpha value is -0.110. The second-order valence-corrected chi connectivity index (χ2v) is 1.83. The lowest BCUT2D eigenvalue weighted by atomic mass is 10.2. The SMILES string of the molecule is [CH2]COCC(C)CF. The van der Waals surface area contributed by atoms with Gasteiger partial charge >= 0.3 is 0 Å². The van der Waals surface area contributed by atoms with Crippen LogP contribution < -0.4 is 0 Å². The maximum absolute atomic E-state index is 11.6. The van der Waals surface area contributed by atoms with Crippen LogP contribution in [0.1, 0.15) is 6.92 Å². The summed E-state index contributed by atoms with van der Waals surface area (Å²) in [6, 6.07) is 0. The summed E-state index contributed by atoms with van der Waals surface area (Å²) in [5.74, 6) is 0.0248. The first-order valence-electron chi connectivity index (χ1n) is 2.74. The van der Waals surface area contributed by atoms with Gasteiger partial charge in [0.25, 0.3) is 0 Å². The molecule has 0 fully saturated rings. The molecule has 0 aromatic heterocycles. The summed E-state index contributed by atoms with van der Waals surface area (Å²) < 4.78 is 16.4. The third-order valence-corrected chi connectivity index (χ3v) is 0.810. The molecule has 1 atom stereocenters. The number of hydrogen-bond donors (Lipinski definition) is 0. The molecule has 0 bridgehead atoms. The number of rotatable bonds is 4. The second-order valence-electron chi connectivity index (χ2n) is 1.83. The average molecular weight is 119 g/mol. The largest absolute Gasteiger partial charge is 0.381 e. The third-order valence-electron chi connectivity index (χ3n) is 0.810. The number of halogens is 1. The second kappa shape index (κ2) is 5.04. The van der Waals surface area contributed by atoms with Gasteiger partial charge in [0, 0.05) is 12.5 Å². The molecule has 8 heavy (non-hydrogen) atoms. The zero-order chi connectivity index (χ0) is 6.41. The van der Waals surface area contributed by atoms with Gasteiger partial charge in [-0.25, -0.2) is 0 Å². The highest BCUT2D eigenvalue weighted by Gasteiger charge is 1.97. The lowest BCUT2D eigenvalue weighted by Crippen LogP contribution is -2.06. The molecular formula is C6H12FO. The van der Waals surface area contributed by atoms with Crippen molar-refractivity contribution in [1.29, 1.82) is 0 Å². The van der Waals surface area contributed by atoms with Crippen LogP contribution in [0.25, 0.3) is 0 Å². The fourth-order valence-corrected chi connectivity index (χ4v) is 0.329. The third kappa shape index (κ3) is 4.06. The molecule has 1 radical (unpaired) electrons. The first-order chi connectivity index (χ1) is 3.81. The van der Waals surface area contributed by atoms with E-state index in [4.69, 9.17) is 4.74 Å².